The first kappa shape index (κ1) is 17.7. The van der Waals surface area contributed by atoms with Crippen LogP contribution < -0.4 is 5.32 Å². The molecule has 1 aromatic rings. The number of rotatable bonds is 5. The Kier molecular flexibility index (Phi) is 5.61. The predicted octanol–water partition coefficient (Wildman–Crippen LogP) is 4.84. The van der Waals surface area contributed by atoms with E-state index in [1.165, 1.54) is 0 Å². The number of alkyl halides is 6. The van der Waals surface area contributed by atoms with Gasteiger partial charge in [-0.25, -0.2) is 4.39 Å². The molecule has 0 aliphatic carbocycles. The predicted molar refractivity (Wildman–Crippen MR) is 63.1 cm³/mol. The van der Waals surface area contributed by atoms with E-state index in [-0.39, 0.29) is 12.0 Å². The molecule has 1 nitrogen and oxygen atoms in total. The number of benzene rings is 1. The lowest BCUT2D eigenvalue weighted by molar-refractivity contribution is -0.140. The molecule has 1 atom stereocenters. The van der Waals surface area contributed by atoms with Gasteiger partial charge in [0.25, 0.3) is 0 Å². The standard InChI is InChI=1S/C13H14F7N/c1-2-21-11(5-6-12(15,16)17)8-3-4-9(10(14)7-8)13(18,19)20/h3-4,7,11,21H,2,5-6H2,1H3. The molecule has 0 saturated heterocycles. The van der Waals surface area contributed by atoms with Crippen molar-refractivity contribution >= 4 is 0 Å². The zero-order chi connectivity index (χ0) is 16.3. The second kappa shape index (κ2) is 6.64. The van der Waals surface area contributed by atoms with Crippen molar-refractivity contribution in [2.75, 3.05) is 6.54 Å². The Morgan fingerprint density at radius 3 is 2.14 bits per heavy atom. The third-order valence-electron chi connectivity index (χ3n) is 2.87. The zero-order valence-corrected chi connectivity index (χ0v) is 11.1. The maximum atomic E-state index is 13.5. The summed E-state index contributed by atoms with van der Waals surface area (Å²) in [7, 11) is 0. The van der Waals surface area contributed by atoms with Crippen LogP contribution in [0.1, 0.15) is 36.9 Å². The molecule has 0 amide bonds. The molecule has 1 unspecified atom stereocenters. The Morgan fingerprint density at radius 1 is 1.10 bits per heavy atom. The quantitative estimate of drug-likeness (QED) is 0.767. The van der Waals surface area contributed by atoms with Crippen molar-refractivity contribution in [3.05, 3.63) is 35.1 Å². The van der Waals surface area contributed by atoms with Gasteiger partial charge in [0.2, 0.25) is 0 Å². The van der Waals surface area contributed by atoms with Gasteiger partial charge < -0.3 is 5.32 Å². The molecule has 120 valence electrons. The van der Waals surface area contributed by atoms with Gasteiger partial charge in [0.05, 0.1) is 5.56 Å². The van der Waals surface area contributed by atoms with E-state index < -0.39 is 36.2 Å². The van der Waals surface area contributed by atoms with Gasteiger partial charge in [-0.1, -0.05) is 13.0 Å². The first-order valence-corrected chi connectivity index (χ1v) is 6.21. The molecule has 8 heteroatoms. The van der Waals surface area contributed by atoms with Crippen molar-refractivity contribution in [3.63, 3.8) is 0 Å². The topological polar surface area (TPSA) is 12.0 Å². The summed E-state index contributed by atoms with van der Waals surface area (Å²) < 4.78 is 87.4. The molecular weight excluding hydrogens is 303 g/mol. The summed E-state index contributed by atoms with van der Waals surface area (Å²) in [6, 6.07) is 1.32. The van der Waals surface area contributed by atoms with Crippen LogP contribution in [0.2, 0.25) is 0 Å². The Bertz CT molecular complexity index is 465. The van der Waals surface area contributed by atoms with Crippen molar-refractivity contribution in [1.29, 1.82) is 0 Å². The lowest BCUT2D eigenvalue weighted by Crippen LogP contribution is -2.23. The van der Waals surface area contributed by atoms with Crippen LogP contribution in [0.15, 0.2) is 18.2 Å². The summed E-state index contributed by atoms with van der Waals surface area (Å²) in [6.45, 7) is 1.95. The molecule has 1 rings (SSSR count). The minimum Gasteiger partial charge on any atom is -0.310 e. The van der Waals surface area contributed by atoms with Crippen LogP contribution in [0.3, 0.4) is 0 Å². The minimum atomic E-state index is -4.83. The molecule has 0 aliphatic rings. The van der Waals surface area contributed by atoms with E-state index >= 15 is 0 Å². The lowest BCUT2D eigenvalue weighted by Gasteiger charge is -2.20. The van der Waals surface area contributed by atoms with Gasteiger partial charge in [-0.3, -0.25) is 0 Å². The van der Waals surface area contributed by atoms with Crippen molar-refractivity contribution in [1.82, 2.24) is 5.32 Å². The maximum absolute atomic E-state index is 13.5. The van der Waals surface area contributed by atoms with E-state index in [1.54, 1.807) is 6.92 Å². The SMILES string of the molecule is CCNC(CCC(F)(F)F)c1ccc(C(F)(F)F)c(F)c1. The number of hydrogen-bond donors (Lipinski definition) is 1. The van der Waals surface area contributed by atoms with E-state index in [2.05, 4.69) is 5.32 Å². The monoisotopic (exact) mass is 317 g/mol. The van der Waals surface area contributed by atoms with Crippen LogP contribution in [0.25, 0.3) is 0 Å². The van der Waals surface area contributed by atoms with E-state index in [1.807, 2.05) is 0 Å². The third-order valence-corrected chi connectivity index (χ3v) is 2.87. The van der Waals surface area contributed by atoms with Gasteiger partial charge in [-0.2, -0.15) is 26.3 Å². The zero-order valence-electron chi connectivity index (χ0n) is 11.1. The number of hydrogen-bond acceptors (Lipinski definition) is 1. The molecule has 0 bridgehead atoms. The van der Waals surface area contributed by atoms with Gasteiger partial charge in [0, 0.05) is 12.5 Å². The smallest absolute Gasteiger partial charge is 0.310 e. The van der Waals surface area contributed by atoms with Crippen LogP contribution in [-0.4, -0.2) is 12.7 Å². The van der Waals surface area contributed by atoms with Gasteiger partial charge in [-0.15, -0.1) is 0 Å². The average molecular weight is 317 g/mol. The summed E-state index contributed by atoms with van der Waals surface area (Å²) in [6.07, 6.45) is -10.7. The van der Waals surface area contributed by atoms with Crippen LogP contribution in [-0.2, 0) is 6.18 Å². The van der Waals surface area contributed by atoms with Crippen LogP contribution in [0.5, 0.6) is 0 Å². The molecule has 0 aromatic heterocycles. The molecule has 0 radical (unpaired) electrons. The average Bonchev–Trinajstić information content (AvgIpc) is 2.31. The van der Waals surface area contributed by atoms with E-state index in [9.17, 15) is 30.7 Å². The molecular formula is C13H14F7N. The van der Waals surface area contributed by atoms with Gasteiger partial charge in [0.15, 0.2) is 0 Å². The minimum absolute atomic E-state index is 0.0617. The number of halogens is 7. The highest BCUT2D eigenvalue weighted by Gasteiger charge is 2.34. The second-order valence-electron chi connectivity index (χ2n) is 4.50. The summed E-state index contributed by atoms with van der Waals surface area (Å²) in [5.41, 5.74) is -1.37. The maximum Gasteiger partial charge on any atom is 0.419 e. The fourth-order valence-corrected chi connectivity index (χ4v) is 1.92. The fourth-order valence-electron chi connectivity index (χ4n) is 1.92. The van der Waals surface area contributed by atoms with E-state index in [0.29, 0.717) is 18.7 Å². The summed E-state index contributed by atoms with van der Waals surface area (Å²) >= 11 is 0. The Hall–Kier alpha value is -1.31. The van der Waals surface area contributed by atoms with Crippen LogP contribution >= 0.6 is 0 Å². The van der Waals surface area contributed by atoms with Crippen molar-refractivity contribution in [3.8, 4) is 0 Å². The highest BCUT2D eigenvalue weighted by atomic mass is 19.4. The molecule has 0 aliphatic heterocycles. The van der Waals surface area contributed by atoms with E-state index in [4.69, 9.17) is 0 Å². The summed E-state index contributed by atoms with van der Waals surface area (Å²) in [5, 5.41) is 2.71. The molecule has 0 spiro atoms. The number of nitrogens with one attached hydrogen (secondary N) is 1. The lowest BCUT2D eigenvalue weighted by atomic mass is 9.99. The molecule has 0 saturated carbocycles. The fraction of sp³-hybridized carbons (Fsp3) is 0.538. The molecule has 0 fully saturated rings. The van der Waals surface area contributed by atoms with Crippen molar-refractivity contribution < 1.29 is 30.7 Å². The second-order valence-corrected chi connectivity index (χ2v) is 4.50. The Morgan fingerprint density at radius 2 is 1.71 bits per heavy atom. The van der Waals surface area contributed by atoms with Crippen molar-refractivity contribution in [2.24, 2.45) is 0 Å². The molecule has 21 heavy (non-hydrogen) atoms. The molecule has 1 N–H and O–H groups in total. The van der Waals surface area contributed by atoms with Gasteiger partial charge >= 0.3 is 12.4 Å². The first-order chi connectivity index (χ1) is 9.54. The normalized spacial score (nSPS) is 14.3. The summed E-state index contributed by atoms with van der Waals surface area (Å²) in [4.78, 5) is 0. The highest BCUT2D eigenvalue weighted by Crippen LogP contribution is 2.34. The molecule has 1 aromatic carbocycles. The van der Waals surface area contributed by atoms with Crippen LogP contribution in [0, 0.1) is 5.82 Å². The first-order valence-electron chi connectivity index (χ1n) is 6.21. The third kappa shape index (κ3) is 5.53. The Labute approximate surface area is 117 Å². The largest absolute Gasteiger partial charge is 0.419 e. The van der Waals surface area contributed by atoms with Crippen LogP contribution in [0.4, 0.5) is 30.7 Å². The molecule has 0 heterocycles. The van der Waals surface area contributed by atoms with Gasteiger partial charge in [-0.05, 0) is 30.7 Å². The summed E-state index contributed by atoms with van der Waals surface area (Å²) in [5.74, 6) is -1.49. The Balaban J connectivity index is 2.96. The van der Waals surface area contributed by atoms with Gasteiger partial charge in [0.1, 0.15) is 5.82 Å². The van der Waals surface area contributed by atoms with Crippen molar-refractivity contribution in [2.45, 2.75) is 38.2 Å². The highest BCUT2D eigenvalue weighted by molar-refractivity contribution is 5.28. The van der Waals surface area contributed by atoms with E-state index in [0.717, 1.165) is 6.07 Å².